The molecule has 0 bridgehead atoms. The Balaban J connectivity index is 1.64. The molecule has 122 valence electrons. The zero-order valence-electron chi connectivity index (χ0n) is 12.9. The molecule has 0 aliphatic carbocycles. The Morgan fingerprint density at radius 1 is 1.12 bits per heavy atom. The first-order valence-electron chi connectivity index (χ1n) is 7.35. The Hall–Kier alpha value is -2.60. The van der Waals surface area contributed by atoms with Gasteiger partial charge in [0.05, 0.1) is 18.2 Å². The lowest BCUT2D eigenvalue weighted by molar-refractivity contribution is -0.121. The largest absolute Gasteiger partial charge is 0.464 e. The van der Waals surface area contributed by atoms with Gasteiger partial charge in [0, 0.05) is 15.4 Å². The highest BCUT2D eigenvalue weighted by molar-refractivity contribution is 9.10. The van der Waals surface area contributed by atoms with E-state index in [4.69, 9.17) is 4.42 Å². The Labute approximate surface area is 147 Å². The third-order valence-electron chi connectivity index (χ3n) is 3.59. The molecule has 0 radical (unpaired) electrons. The maximum atomic E-state index is 12.1. The Bertz CT molecular complexity index is 918. The summed E-state index contributed by atoms with van der Waals surface area (Å²) in [6, 6.07) is 12.8. The maximum absolute atomic E-state index is 12.1. The van der Waals surface area contributed by atoms with Crippen LogP contribution in [0.4, 0.5) is 0 Å². The summed E-state index contributed by atoms with van der Waals surface area (Å²) in [6.07, 6.45) is 1.69. The molecule has 0 saturated heterocycles. The molecule has 0 aliphatic rings. The summed E-state index contributed by atoms with van der Waals surface area (Å²) in [5.74, 6) is -0.705. The number of hydrogen-bond donors (Lipinski definition) is 2. The van der Waals surface area contributed by atoms with Crippen molar-refractivity contribution in [1.82, 2.24) is 10.9 Å². The number of nitrogens with one attached hydrogen (secondary N) is 2. The van der Waals surface area contributed by atoms with E-state index in [1.54, 1.807) is 24.5 Å². The number of amides is 2. The van der Waals surface area contributed by atoms with Gasteiger partial charge in [-0.3, -0.25) is 20.4 Å². The number of carbonyl (C=O) groups excluding carboxylic acids is 2. The quantitative estimate of drug-likeness (QED) is 0.676. The first-order chi connectivity index (χ1) is 11.5. The van der Waals surface area contributed by atoms with Crippen LogP contribution in [0.2, 0.25) is 0 Å². The predicted molar refractivity (Wildman–Crippen MR) is 94.4 cm³/mol. The fourth-order valence-corrected chi connectivity index (χ4v) is 2.85. The number of furan rings is 1. The highest BCUT2D eigenvalue weighted by Gasteiger charge is 2.13. The number of hydrogen-bond acceptors (Lipinski definition) is 3. The highest BCUT2D eigenvalue weighted by atomic mass is 79.9. The van der Waals surface area contributed by atoms with Crippen LogP contribution in [0.5, 0.6) is 0 Å². The number of rotatable bonds is 3. The van der Waals surface area contributed by atoms with E-state index < -0.39 is 0 Å². The van der Waals surface area contributed by atoms with Gasteiger partial charge in [0.2, 0.25) is 5.91 Å². The lowest BCUT2D eigenvalue weighted by Gasteiger charge is -2.08. The van der Waals surface area contributed by atoms with Crippen molar-refractivity contribution >= 4 is 38.7 Å². The van der Waals surface area contributed by atoms with Crippen LogP contribution in [0, 0.1) is 6.92 Å². The second-order valence-corrected chi connectivity index (χ2v) is 6.27. The van der Waals surface area contributed by atoms with Crippen molar-refractivity contribution in [3.63, 3.8) is 0 Å². The number of fused-ring (bicyclic) bond motifs is 1. The second-order valence-electron chi connectivity index (χ2n) is 5.42. The second kappa shape index (κ2) is 6.88. The van der Waals surface area contributed by atoms with E-state index in [0.717, 1.165) is 22.1 Å². The van der Waals surface area contributed by atoms with Crippen molar-refractivity contribution < 1.29 is 14.0 Å². The van der Waals surface area contributed by atoms with Gasteiger partial charge in [0.25, 0.3) is 5.91 Å². The van der Waals surface area contributed by atoms with Gasteiger partial charge in [-0.1, -0.05) is 23.8 Å². The maximum Gasteiger partial charge on any atom is 0.270 e. The lowest BCUT2D eigenvalue weighted by atomic mass is 10.1. The van der Waals surface area contributed by atoms with Crippen molar-refractivity contribution in [3.8, 4) is 0 Å². The molecular formula is C18H15BrN2O3. The van der Waals surface area contributed by atoms with E-state index in [-0.39, 0.29) is 18.2 Å². The van der Waals surface area contributed by atoms with Crippen LogP contribution in [0.15, 0.2) is 57.6 Å². The van der Waals surface area contributed by atoms with E-state index in [1.165, 1.54) is 0 Å². The minimum absolute atomic E-state index is 0.118. The summed E-state index contributed by atoms with van der Waals surface area (Å²) in [4.78, 5) is 24.1. The molecule has 1 heterocycles. The number of aryl methyl sites for hydroxylation is 1. The summed E-state index contributed by atoms with van der Waals surface area (Å²) in [7, 11) is 0. The molecule has 6 heteroatoms. The van der Waals surface area contributed by atoms with E-state index >= 15 is 0 Å². The van der Waals surface area contributed by atoms with E-state index in [9.17, 15) is 9.59 Å². The molecule has 0 spiro atoms. The summed E-state index contributed by atoms with van der Waals surface area (Å²) in [6.45, 7) is 1.98. The minimum atomic E-state index is -0.385. The Morgan fingerprint density at radius 3 is 2.71 bits per heavy atom. The zero-order chi connectivity index (χ0) is 17.1. The van der Waals surface area contributed by atoms with E-state index in [2.05, 4.69) is 26.8 Å². The fourth-order valence-electron chi connectivity index (χ4n) is 2.39. The monoisotopic (exact) mass is 386 g/mol. The molecule has 3 aromatic rings. The highest BCUT2D eigenvalue weighted by Crippen LogP contribution is 2.22. The number of benzene rings is 2. The van der Waals surface area contributed by atoms with Crippen LogP contribution >= 0.6 is 15.9 Å². The summed E-state index contributed by atoms with van der Waals surface area (Å²) < 4.78 is 6.10. The molecule has 2 amide bonds. The average Bonchev–Trinajstić information content (AvgIpc) is 2.95. The van der Waals surface area contributed by atoms with Gasteiger partial charge in [-0.2, -0.15) is 0 Å². The topological polar surface area (TPSA) is 71.3 Å². The van der Waals surface area contributed by atoms with Gasteiger partial charge >= 0.3 is 0 Å². The average molecular weight is 387 g/mol. The SMILES string of the molecule is Cc1ccc2occ(CC(=O)NNC(=O)c3ccccc3Br)c2c1. The molecule has 2 N–H and O–H groups in total. The van der Waals surface area contributed by atoms with Crippen LogP contribution in [-0.4, -0.2) is 11.8 Å². The number of halogens is 1. The van der Waals surface area contributed by atoms with Crippen molar-refractivity contribution in [2.24, 2.45) is 0 Å². The predicted octanol–water partition coefficient (Wildman–Crippen LogP) is 3.51. The molecule has 1 aromatic heterocycles. The van der Waals surface area contributed by atoms with Gasteiger partial charge in [0.1, 0.15) is 5.58 Å². The van der Waals surface area contributed by atoms with Crippen molar-refractivity contribution in [1.29, 1.82) is 0 Å². The van der Waals surface area contributed by atoms with Gasteiger partial charge in [0.15, 0.2) is 0 Å². The molecule has 5 nitrogen and oxygen atoms in total. The first-order valence-corrected chi connectivity index (χ1v) is 8.14. The van der Waals surface area contributed by atoms with Crippen LogP contribution in [0.25, 0.3) is 11.0 Å². The van der Waals surface area contributed by atoms with Gasteiger partial charge in [-0.05, 0) is 47.1 Å². The fraction of sp³-hybridized carbons (Fsp3) is 0.111. The van der Waals surface area contributed by atoms with E-state index in [1.807, 2.05) is 31.2 Å². The molecule has 24 heavy (non-hydrogen) atoms. The lowest BCUT2D eigenvalue weighted by Crippen LogP contribution is -2.42. The minimum Gasteiger partial charge on any atom is -0.464 e. The third-order valence-corrected chi connectivity index (χ3v) is 4.29. The summed E-state index contributed by atoms with van der Waals surface area (Å²) >= 11 is 3.30. The molecule has 0 aliphatic heterocycles. The molecular weight excluding hydrogens is 372 g/mol. The van der Waals surface area contributed by atoms with Crippen LogP contribution in [0.3, 0.4) is 0 Å². The standard InChI is InChI=1S/C18H15BrN2O3/c1-11-6-7-16-14(8-11)12(10-24-16)9-17(22)20-21-18(23)13-4-2-3-5-15(13)19/h2-8,10H,9H2,1H3,(H,20,22)(H,21,23). The third kappa shape index (κ3) is 3.49. The molecule has 3 rings (SSSR count). The van der Waals surface area contributed by atoms with Gasteiger partial charge in [-0.25, -0.2) is 0 Å². The zero-order valence-corrected chi connectivity index (χ0v) is 14.5. The van der Waals surface area contributed by atoms with Crippen LogP contribution in [0.1, 0.15) is 21.5 Å². The van der Waals surface area contributed by atoms with Crippen molar-refractivity contribution in [2.75, 3.05) is 0 Å². The summed E-state index contributed by atoms with van der Waals surface area (Å²) in [5, 5.41) is 0.905. The van der Waals surface area contributed by atoms with Crippen LogP contribution in [-0.2, 0) is 11.2 Å². The summed E-state index contributed by atoms with van der Waals surface area (Å²) in [5.41, 5.74) is 7.89. The Morgan fingerprint density at radius 2 is 1.92 bits per heavy atom. The van der Waals surface area contributed by atoms with Gasteiger partial charge in [-0.15, -0.1) is 0 Å². The normalized spacial score (nSPS) is 10.6. The van der Waals surface area contributed by atoms with Crippen LogP contribution < -0.4 is 10.9 Å². The molecule has 0 fully saturated rings. The van der Waals surface area contributed by atoms with Crippen molar-refractivity contribution in [3.05, 3.63) is 69.9 Å². The molecule has 0 atom stereocenters. The number of hydrazine groups is 1. The van der Waals surface area contributed by atoms with Gasteiger partial charge < -0.3 is 4.42 Å². The smallest absolute Gasteiger partial charge is 0.270 e. The van der Waals surface area contributed by atoms with E-state index in [0.29, 0.717) is 10.0 Å². The van der Waals surface area contributed by atoms with Crippen molar-refractivity contribution in [2.45, 2.75) is 13.3 Å². The number of carbonyl (C=O) groups is 2. The molecule has 2 aromatic carbocycles. The molecule has 0 unspecified atom stereocenters. The first kappa shape index (κ1) is 16.3. The molecule has 0 saturated carbocycles. The Kier molecular flexibility index (Phi) is 4.66.